The zero-order valence-electron chi connectivity index (χ0n) is 5.70. The lowest BCUT2D eigenvalue weighted by atomic mass is 10.2. The van der Waals surface area contributed by atoms with Crippen molar-refractivity contribution < 1.29 is 30.2 Å². The molecule has 68 valence electrons. The number of alkyl halides is 3. The number of hydrogen-bond acceptors (Lipinski definition) is 0. The van der Waals surface area contributed by atoms with Crippen LogP contribution in [0.1, 0.15) is 5.56 Å². The molecule has 0 N–H and O–H groups in total. The van der Waals surface area contributed by atoms with Gasteiger partial charge in [0, 0.05) is 4.47 Å². The van der Waals surface area contributed by atoms with Gasteiger partial charge in [0.1, 0.15) is 0 Å². The van der Waals surface area contributed by atoms with Crippen molar-refractivity contribution in [1.82, 2.24) is 0 Å². The van der Waals surface area contributed by atoms with Gasteiger partial charge in [0.15, 0.2) is 0 Å². The van der Waals surface area contributed by atoms with Crippen molar-refractivity contribution in [3.8, 4) is 0 Å². The summed E-state index contributed by atoms with van der Waals surface area (Å²) >= 11 is 2.81. The summed E-state index contributed by atoms with van der Waals surface area (Å²) in [5, 5.41) is 0. The first-order chi connectivity index (χ1) is 5.02. The molecule has 0 atom stereocenters. The summed E-state index contributed by atoms with van der Waals surface area (Å²) in [5.74, 6) is 0. The van der Waals surface area contributed by atoms with Crippen LogP contribution in [0.3, 0.4) is 0 Å². The van der Waals surface area contributed by atoms with Gasteiger partial charge in [0.25, 0.3) is 0 Å². The second-order valence-electron chi connectivity index (χ2n) is 1.98. The van der Waals surface area contributed by atoms with Crippen LogP contribution >= 0.6 is 15.9 Å². The fourth-order valence-corrected chi connectivity index (χ4v) is 1.20. The van der Waals surface area contributed by atoms with Gasteiger partial charge >= 0.3 is 6.18 Å². The second kappa shape index (κ2) is 4.28. The Bertz CT molecular complexity index is 257. The average Bonchev–Trinajstić information content (AvgIpc) is 1.86. The number of halogens is 5. The molecule has 0 spiro atoms. The Balaban J connectivity index is 0.00000121. The lowest BCUT2D eigenvalue weighted by molar-refractivity contribution is -0.138. The Kier molecular flexibility index (Phi) is 4.26. The molecule has 0 saturated heterocycles. The normalized spacial score (nSPS) is 10.7. The minimum Gasteiger partial charge on any atom is -1.00 e. The van der Waals surface area contributed by atoms with Gasteiger partial charge in [-0.2, -0.15) is 13.2 Å². The smallest absolute Gasteiger partial charge is 0.417 e. The third-order valence-electron chi connectivity index (χ3n) is 1.18. The standard InChI is InChI=1S/C7H4BrF3.BrH/c8-6-4-2-1-3-5(6)7(9,10)11;/h1-4H;1H/p-1. The van der Waals surface area contributed by atoms with Crippen LogP contribution in [-0.2, 0) is 6.18 Å². The van der Waals surface area contributed by atoms with Gasteiger partial charge in [-0.05, 0) is 12.1 Å². The molecule has 0 aliphatic heterocycles. The van der Waals surface area contributed by atoms with E-state index >= 15 is 0 Å². The molecule has 0 saturated carbocycles. The van der Waals surface area contributed by atoms with E-state index in [0.29, 0.717) is 0 Å². The van der Waals surface area contributed by atoms with Crippen LogP contribution in [-0.4, -0.2) is 0 Å². The Hall–Kier alpha value is -0.0300. The van der Waals surface area contributed by atoms with Crippen LogP contribution in [0, 0.1) is 0 Å². The number of rotatable bonds is 0. The van der Waals surface area contributed by atoms with Gasteiger partial charge in [-0.15, -0.1) is 0 Å². The third-order valence-corrected chi connectivity index (χ3v) is 1.87. The van der Waals surface area contributed by atoms with E-state index in [1.807, 2.05) is 0 Å². The Morgan fingerprint density at radius 2 is 1.58 bits per heavy atom. The van der Waals surface area contributed by atoms with E-state index < -0.39 is 11.7 Å². The summed E-state index contributed by atoms with van der Waals surface area (Å²) in [4.78, 5) is 0. The topological polar surface area (TPSA) is 0 Å². The number of benzene rings is 1. The van der Waals surface area contributed by atoms with E-state index in [1.54, 1.807) is 6.07 Å². The van der Waals surface area contributed by atoms with Gasteiger partial charge in [-0.1, -0.05) is 28.1 Å². The highest BCUT2D eigenvalue weighted by molar-refractivity contribution is 9.10. The maximum Gasteiger partial charge on any atom is 0.417 e. The fraction of sp³-hybridized carbons (Fsp3) is 0.143. The molecule has 0 unspecified atom stereocenters. The molecular formula is C7H4Br2F3-. The van der Waals surface area contributed by atoms with Crippen LogP contribution in [0.15, 0.2) is 28.7 Å². The van der Waals surface area contributed by atoms with E-state index in [-0.39, 0.29) is 21.5 Å². The Labute approximate surface area is 86.7 Å². The second-order valence-corrected chi connectivity index (χ2v) is 2.83. The minimum atomic E-state index is -4.26. The molecule has 0 aliphatic rings. The van der Waals surface area contributed by atoms with E-state index in [4.69, 9.17) is 0 Å². The molecular weight excluding hydrogens is 301 g/mol. The maximum atomic E-state index is 12.0. The highest BCUT2D eigenvalue weighted by Gasteiger charge is 2.32. The van der Waals surface area contributed by atoms with Gasteiger partial charge in [0.2, 0.25) is 0 Å². The van der Waals surface area contributed by atoms with Crippen molar-refractivity contribution in [1.29, 1.82) is 0 Å². The molecule has 0 aliphatic carbocycles. The quantitative estimate of drug-likeness (QED) is 0.654. The van der Waals surface area contributed by atoms with Crippen LogP contribution < -0.4 is 17.0 Å². The summed E-state index contributed by atoms with van der Waals surface area (Å²) in [6.45, 7) is 0. The summed E-state index contributed by atoms with van der Waals surface area (Å²) in [6, 6.07) is 5.29. The van der Waals surface area contributed by atoms with E-state index in [2.05, 4.69) is 15.9 Å². The first-order valence-corrected chi connectivity index (χ1v) is 3.63. The highest BCUT2D eigenvalue weighted by Crippen LogP contribution is 2.34. The van der Waals surface area contributed by atoms with E-state index in [0.717, 1.165) is 6.07 Å². The zero-order chi connectivity index (χ0) is 8.48. The van der Waals surface area contributed by atoms with E-state index in [9.17, 15) is 13.2 Å². The summed E-state index contributed by atoms with van der Waals surface area (Å²) in [5.41, 5.74) is -0.639. The Morgan fingerprint density at radius 1 is 1.08 bits per heavy atom. The minimum absolute atomic E-state index is 0. The SMILES string of the molecule is FC(F)(F)c1ccccc1Br.[Br-]. The van der Waals surface area contributed by atoms with Crippen molar-refractivity contribution in [3.05, 3.63) is 34.3 Å². The lowest BCUT2D eigenvalue weighted by Gasteiger charge is -2.07. The van der Waals surface area contributed by atoms with Crippen molar-refractivity contribution in [2.24, 2.45) is 0 Å². The molecule has 0 bridgehead atoms. The third kappa shape index (κ3) is 2.79. The fourth-order valence-electron chi connectivity index (χ4n) is 0.691. The van der Waals surface area contributed by atoms with Gasteiger partial charge in [-0.25, -0.2) is 0 Å². The van der Waals surface area contributed by atoms with Crippen LogP contribution in [0.25, 0.3) is 0 Å². The van der Waals surface area contributed by atoms with Gasteiger partial charge in [0.05, 0.1) is 5.56 Å². The van der Waals surface area contributed by atoms with E-state index in [1.165, 1.54) is 12.1 Å². The van der Waals surface area contributed by atoms with Crippen molar-refractivity contribution in [2.75, 3.05) is 0 Å². The van der Waals surface area contributed by atoms with Crippen molar-refractivity contribution >= 4 is 15.9 Å². The molecule has 1 aromatic rings. The molecule has 0 fully saturated rings. The first-order valence-electron chi connectivity index (χ1n) is 2.83. The molecule has 1 aromatic carbocycles. The molecule has 1 rings (SSSR count). The maximum absolute atomic E-state index is 12.0. The largest absolute Gasteiger partial charge is 1.00 e. The summed E-state index contributed by atoms with van der Waals surface area (Å²) in [6.07, 6.45) is -4.26. The highest BCUT2D eigenvalue weighted by atomic mass is 79.9. The molecule has 0 amide bonds. The van der Waals surface area contributed by atoms with Crippen molar-refractivity contribution in [3.63, 3.8) is 0 Å². The van der Waals surface area contributed by atoms with Crippen LogP contribution in [0.5, 0.6) is 0 Å². The van der Waals surface area contributed by atoms with Gasteiger partial charge in [-0.3, -0.25) is 0 Å². The molecule has 0 radical (unpaired) electrons. The summed E-state index contributed by atoms with van der Waals surface area (Å²) in [7, 11) is 0. The summed E-state index contributed by atoms with van der Waals surface area (Å²) < 4.78 is 36.1. The molecule has 0 nitrogen and oxygen atoms in total. The van der Waals surface area contributed by atoms with Crippen LogP contribution in [0.2, 0.25) is 0 Å². The average molecular weight is 305 g/mol. The Morgan fingerprint density at radius 3 is 1.92 bits per heavy atom. The molecule has 0 heterocycles. The lowest BCUT2D eigenvalue weighted by Crippen LogP contribution is -3.00. The predicted molar refractivity (Wildman–Crippen MR) is 39.1 cm³/mol. The number of hydrogen-bond donors (Lipinski definition) is 0. The predicted octanol–water partition coefficient (Wildman–Crippen LogP) is 0.472. The van der Waals surface area contributed by atoms with Gasteiger partial charge < -0.3 is 17.0 Å². The molecule has 12 heavy (non-hydrogen) atoms. The zero-order valence-corrected chi connectivity index (χ0v) is 8.87. The van der Waals surface area contributed by atoms with Crippen molar-refractivity contribution in [2.45, 2.75) is 6.18 Å². The van der Waals surface area contributed by atoms with Crippen LogP contribution in [0.4, 0.5) is 13.2 Å². The molecule has 5 heteroatoms. The molecule has 0 aromatic heterocycles. The first kappa shape index (κ1) is 12.0. The monoisotopic (exact) mass is 303 g/mol.